The molecule has 0 atom stereocenters. The first kappa shape index (κ1) is 25.2. The molecule has 170 valence electrons. The first-order valence-corrected chi connectivity index (χ1v) is 12.5. The summed E-state index contributed by atoms with van der Waals surface area (Å²) in [5, 5.41) is 3.60. The van der Waals surface area contributed by atoms with Gasteiger partial charge in [-0.05, 0) is 68.0 Å². The van der Waals surface area contributed by atoms with Crippen LogP contribution in [0.5, 0.6) is 0 Å². The van der Waals surface area contributed by atoms with Crippen LogP contribution in [0.4, 0.5) is 5.69 Å². The quantitative estimate of drug-likeness (QED) is 0.583. The summed E-state index contributed by atoms with van der Waals surface area (Å²) in [6.45, 7) is 12.4. The highest BCUT2D eigenvalue weighted by molar-refractivity contribution is 7.92. The molecule has 0 aliphatic rings. The number of nitrogens with one attached hydrogen (secondary N) is 1. The number of benzene rings is 2. The average molecular weight is 465 g/mol. The first-order valence-electron chi connectivity index (χ1n) is 10.2. The molecule has 0 aromatic heterocycles. The molecule has 0 aliphatic carbocycles. The Morgan fingerprint density at radius 1 is 1.03 bits per heavy atom. The van der Waals surface area contributed by atoms with Gasteiger partial charge >= 0.3 is 0 Å². The van der Waals surface area contributed by atoms with Crippen LogP contribution in [0.15, 0.2) is 42.5 Å². The number of anilines is 1. The fourth-order valence-corrected chi connectivity index (χ4v) is 5.03. The molecule has 2 aromatic rings. The Bertz CT molecular complexity index is 1040. The summed E-state index contributed by atoms with van der Waals surface area (Å²) in [5.74, 6) is -0.147. The number of hydrogen-bond acceptors (Lipinski definition) is 3. The van der Waals surface area contributed by atoms with Gasteiger partial charge in [0.1, 0.15) is 0 Å². The summed E-state index contributed by atoms with van der Waals surface area (Å²) in [6.07, 6.45) is 2.01. The Balaban J connectivity index is 2.22. The molecule has 0 bridgehead atoms. The Kier molecular flexibility index (Phi) is 7.49. The highest BCUT2D eigenvalue weighted by Crippen LogP contribution is 2.30. The predicted octanol–water partition coefficient (Wildman–Crippen LogP) is 5.56. The number of sulfonamides is 1. The van der Waals surface area contributed by atoms with Crippen molar-refractivity contribution in [2.45, 2.75) is 60.0 Å². The van der Waals surface area contributed by atoms with Crippen LogP contribution in [-0.4, -0.2) is 26.1 Å². The molecule has 7 heteroatoms. The third-order valence-corrected chi connectivity index (χ3v) is 6.41. The number of nitrogens with zero attached hydrogens (tertiary/aromatic N) is 1. The molecule has 0 radical (unpaired) electrons. The van der Waals surface area contributed by atoms with Crippen molar-refractivity contribution in [2.75, 3.05) is 10.6 Å². The van der Waals surface area contributed by atoms with E-state index in [2.05, 4.69) is 26.1 Å². The van der Waals surface area contributed by atoms with Crippen LogP contribution >= 0.6 is 11.6 Å². The number of amides is 1. The molecule has 0 saturated heterocycles. The highest BCUT2D eigenvalue weighted by Gasteiger charge is 2.27. The van der Waals surface area contributed by atoms with Crippen molar-refractivity contribution in [3.63, 3.8) is 0 Å². The van der Waals surface area contributed by atoms with Crippen LogP contribution in [0.25, 0.3) is 0 Å². The minimum absolute atomic E-state index is 0.0915. The van der Waals surface area contributed by atoms with Crippen molar-refractivity contribution < 1.29 is 13.2 Å². The molecule has 0 heterocycles. The largest absolute Gasteiger partial charge is 0.347 e. The van der Waals surface area contributed by atoms with Crippen LogP contribution in [0.1, 0.15) is 62.5 Å². The molecular formula is C24H33ClN2O3S. The standard InChI is InChI=1S/C24H33ClN2O3S/c1-17-20(25)9-8-10-21(17)27(31(7,29)30)15-18-11-13-19(14-12-18)22(28)26-24(5,6)16-23(2,3)4/h8-14H,15-16H2,1-7H3,(H,26,28). The van der Waals surface area contributed by atoms with Crippen LogP contribution in [0, 0.1) is 12.3 Å². The number of hydrogen-bond donors (Lipinski definition) is 1. The van der Waals surface area contributed by atoms with E-state index in [0.717, 1.165) is 12.0 Å². The van der Waals surface area contributed by atoms with E-state index >= 15 is 0 Å². The first-order chi connectivity index (χ1) is 14.1. The monoisotopic (exact) mass is 464 g/mol. The van der Waals surface area contributed by atoms with Crippen molar-refractivity contribution >= 4 is 33.2 Å². The summed E-state index contributed by atoms with van der Waals surface area (Å²) >= 11 is 6.19. The minimum Gasteiger partial charge on any atom is -0.347 e. The van der Waals surface area contributed by atoms with Crippen LogP contribution < -0.4 is 9.62 Å². The van der Waals surface area contributed by atoms with E-state index in [-0.39, 0.29) is 23.4 Å². The second-order valence-corrected chi connectivity index (χ2v) is 12.2. The van der Waals surface area contributed by atoms with E-state index in [4.69, 9.17) is 11.6 Å². The number of halogens is 1. The molecule has 2 rings (SSSR count). The van der Waals surface area contributed by atoms with Gasteiger partial charge in [-0.1, -0.05) is 50.6 Å². The number of carbonyl (C=O) groups is 1. The maximum absolute atomic E-state index is 12.7. The lowest BCUT2D eigenvalue weighted by atomic mass is 9.81. The summed E-state index contributed by atoms with van der Waals surface area (Å²) in [7, 11) is -3.53. The predicted molar refractivity (Wildman–Crippen MR) is 129 cm³/mol. The van der Waals surface area contributed by atoms with E-state index < -0.39 is 10.0 Å². The van der Waals surface area contributed by atoms with Crippen LogP contribution in [-0.2, 0) is 16.6 Å². The van der Waals surface area contributed by atoms with E-state index in [1.807, 2.05) is 13.8 Å². The Morgan fingerprint density at radius 2 is 1.61 bits per heavy atom. The van der Waals surface area contributed by atoms with Crippen molar-refractivity contribution in [2.24, 2.45) is 5.41 Å². The van der Waals surface area contributed by atoms with Crippen molar-refractivity contribution in [3.8, 4) is 0 Å². The topological polar surface area (TPSA) is 66.5 Å². The number of carbonyl (C=O) groups excluding carboxylic acids is 1. The fraction of sp³-hybridized carbons (Fsp3) is 0.458. The lowest BCUT2D eigenvalue weighted by Gasteiger charge is -2.33. The van der Waals surface area contributed by atoms with E-state index in [1.54, 1.807) is 49.4 Å². The third kappa shape index (κ3) is 7.25. The van der Waals surface area contributed by atoms with Gasteiger partial charge in [-0.15, -0.1) is 0 Å². The SMILES string of the molecule is Cc1c(Cl)cccc1N(Cc1ccc(C(=O)NC(C)(C)CC(C)(C)C)cc1)S(C)(=O)=O. The van der Waals surface area contributed by atoms with Crippen LogP contribution in [0.3, 0.4) is 0 Å². The molecule has 5 nitrogen and oxygen atoms in total. The third-order valence-electron chi connectivity index (χ3n) is 4.87. The van der Waals surface area contributed by atoms with Gasteiger partial charge in [0.15, 0.2) is 0 Å². The summed E-state index contributed by atoms with van der Waals surface area (Å²) < 4.78 is 26.3. The van der Waals surface area contributed by atoms with Crippen molar-refractivity contribution in [1.82, 2.24) is 5.32 Å². The van der Waals surface area contributed by atoms with Gasteiger partial charge in [0, 0.05) is 16.1 Å². The van der Waals surface area contributed by atoms with Gasteiger partial charge in [-0.25, -0.2) is 8.42 Å². The lowest BCUT2D eigenvalue weighted by Crippen LogP contribution is -2.45. The fourth-order valence-electron chi connectivity index (χ4n) is 3.92. The number of rotatable bonds is 7. The smallest absolute Gasteiger partial charge is 0.251 e. The molecule has 0 spiro atoms. The highest BCUT2D eigenvalue weighted by atomic mass is 35.5. The molecule has 0 unspecified atom stereocenters. The van der Waals surface area contributed by atoms with Gasteiger partial charge in [-0.2, -0.15) is 0 Å². The van der Waals surface area contributed by atoms with Gasteiger partial charge in [0.2, 0.25) is 10.0 Å². The molecule has 1 N–H and O–H groups in total. The van der Waals surface area contributed by atoms with Gasteiger partial charge in [0.05, 0.1) is 18.5 Å². The zero-order valence-corrected chi connectivity index (χ0v) is 21.0. The Morgan fingerprint density at radius 3 is 2.13 bits per heavy atom. The molecule has 0 fully saturated rings. The van der Waals surface area contributed by atoms with Crippen molar-refractivity contribution in [3.05, 3.63) is 64.2 Å². The molecule has 2 aromatic carbocycles. The summed E-state index contributed by atoms with van der Waals surface area (Å²) in [6, 6.07) is 12.2. The average Bonchev–Trinajstić information content (AvgIpc) is 2.59. The normalized spacial score (nSPS) is 12.5. The zero-order valence-electron chi connectivity index (χ0n) is 19.4. The molecule has 31 heavy (non-hydrogen) atoms. The van der Waals surface area contributed by atoms with Gasteiger partial charge in [0.25, 0.3) is 5.91 Å². The van der Waals surface area contributed by atoms with E-state index in [1.165, 1.54) is 10.6 Å². The van der Waals surface area contributed by atoms with E-state index in [9.17, 15) is 13.2 Å². The maximum atomic E-state index is 12.7. The van der Waals surface area contributed by atoms with Gasteiger partial charge < -0.3 is 5.32 Å². The van der Waals surface area contributed by atoms with Gasteiger partial charge in [-0.3, -0.25) is 9.10 Å². The molecule has 0 saturated carbocycles. The molecule has 1 amide bonds. The molecule has 0 aliphatic heterocycles. The minimum atomic E-state index is -3.53. The van der Waals surface area contributed by atoms with E-state index in [0.29, 0.717) is 21.8 Å². The second-order valence-electron chi connectivity index (χ2n) is 9.93. The second kappa shape index (κ2) is 9.21. The maximum Gasteiger partial charge on any atom is 0.251 e. The summed E-state index contributed by atoms with van der Waals surface area (Å²) in [4.78, 5) is 12.7. The molecular weight excluding hydrogens is 432 g/mol. The Hall–Kier alpha value is -2.05. The zero-order chi connectivity index (χ0) is 23.6. The Labute approximate surface area is 191 Å². The van der Waals surface area contributed by atoms with Crippen LogP contribution in [0.2, 0.25) is 5.02 Å². The van der Waals surface area contributed by atoms with Crippen molar-refractivity contribution in [1.29, 1.82) is 0 Å². The summed E-state index contributed by atoms with van der Waals surface area (Å²) in [5.41, 5.74) is 2.30. The lowest BCUT2D eigenvalue weighted by molar-refractivity contribution is 0.0891.